The third-order valence-electron chi connectivity index (χ3n) is 4.24. The summed E-state index contributed by atoms with van der Waals surface area (Å²) in [6.45, 7) is 3.05. The Labute approximate surface area is 135 Å². The van der Waals surface area contributed by atoms with Gasteiger partial charge in [-0.1, -0.05) is 30.3 Å². The molecule has 0 bridgehead atoms. The molecule has 0 atom stereocenters. The first-order chi connectivity index (χ1) is 11.2. The van der Waals surface area contributed by atoms with E-state index >= 15 is 0 Å². The Hall–Kier alpha value is -2.56. The maximum atomic E-state index is 12.3. The highest BCUT2D eigenvalue weighted by molar-refractivity contribution is 5.76. The lowest BCUT2D eigenvalue weighted by molar-refractivity contribution is -0.131. The van der Waals surface area contributed by atoms with E-state index < -0.39 is 0 Å². The van der Waals surface area contributed by atoms with E-state index in [-0.39, 0.29) is 11.5 Å². The molecular weight excluding hydrogens is 290 g/mol. The number of benzene rings is 1. The van der Waals surface area contributed by atoms with Crippen LogP contribution in [-0.4, -0.2) is 42.0 Å². The molecule has 3 rings (SSSR count). The molecule has 1 saturated heterocycles. The number of carbonyl (C=O) groups excluding carboxylic acids is 1. The van der Waals surface area contributed by atoms with Crippen molar-refractivity contribution in [3.63, 3.8) is 0 Å². The molecule has 0 saturated carbocycles. The molecule has 5 heteroatoms. The Balaban J connectivity index is 1.49. The van der Waals surface area contributed by atoms with Crippen LogP contribution in [0.3, 0.4) is 0 Å². The molecule has 5 nitrogen and oxygen atoms in total. The molecule has 23 heavy (non-hydrogen) atoms. The lowest BCUT2D eigenvalue weighted by atomic mass is 10.1. The van der Waals surface area contributed by atoms with Gasteiger partial charge in [0.2, 0.25) is 11.5 Å². The first kappa shape index (κ1) is 15.3. The molecule has 0 unspecified atom stereocenters. The molecule has 1 aromatic carbocycles. The van der Waals surface area contributed by atoms with Gasteiger partial charge in [0.1, 0.15) is 0 Å². The first-order valence-electron chi connectivity index (χ1n) is 7.98. The van der Waals surface area contributed by atoms with Gasteiger partial charge in [0.05, 0.1) is 5.69 Å². The maximum absolute atomic E-state index is 12.3. The van der Waals surface area contributed by atoms with Gasteiger partial charge in [0.15, 0.2) is 0 Å². The van der Waals surface area contributed by atoms with Crippen molar-refractivity contribution < 1.29 is 4.79 Å². The molecule has 1 aliphatic heterocycles. The van der Waals surface area contributed by atoms with Crippen LogP contribution in [0, 0.1) is 0 Å². The number of hydrogen-bond acceptors (Lipinski definition) is 3. The summed E-state index contributed by atoms with van der Waals surface area (Å²) in [5, 5.41) is 0. The van der Waals surface area contributed by atoms with E-state index in [0.717, 1.165) is 38.3 Å². The third-order valence-corrected chi connectivity index (χ3v) is 4.24. The smallest absolute Gasteiger partial charge is 0.248 e. The summed E-state index contributed by atoms with van der Waals surface area (Å²) in [6.07, 6.45) is 3.08. The fraction of sp³-hybridized carbons (Fsp3) is 0.333. The highest BCUT2D eigenvalue weighted by Gasteiger charge is 2.21. The van der Waals surface area contributed by atoms with Crippen LogP contribution in [-0.2, 0) is 11.2 Å². The second kappa shape index (κ2) is 7.13. The predicted octanol–water partition coefficient (Wildman–Crippen LogP) is 1.66. The average Bonchev–Trinajstić information content (AvgIpc) is 2.61. The number of hydrogen-bond donors (Lipinski definition) is 1. The standard InChI is InChI=1S/C18H21N3O2/c22-17-8-7-16(14-19-17)20-10-12-21(13-11-20)18(23)9-6-15-4-2-1-3-5-15/h1-5,7-8,14H,6,9-13H2,(H,19,22). The van der Waals surface area contributed by atoms with E-state index in [0.29, 0.717) is 6.42 Å². The van der Waals surface area contributed by atoms with E-state index in [4.69, 9.17) is 0 Å². The summed E-state index contributed by atoms with van der Waals surface area (Å²) in [6, 6.07) is 13.5. The Morgan fingerprint density at radius 3 is 2.39 bits per heavy atom. The number of aromatic amines is 1. The lowest BCUT2D eigenvalue weighted by Crippen LogP contribution is -2.49. The van der Waals surface area contributed by atoms with E-state index in [1.54, 1.807) is 6.20 Å². The van der Waals surface area contributed by atoms with Gasteiger partial charge < -0.3 is 14.8 Å². The molecule has 120 valence electrons. The Kier molecular flexibility index (Phi) is 4.76. The van der Waals surface area contributed by atoms with Crippen molar-refractivity contribution in [2.75, 3.05) is 31.1 Å². The monoisotopic (exact) mass is 311 g/mol. The summed E-state index contributed by atoms with van der Waals surface area (Å²) in [5.74, 6) is 0.218. The number of aromatic nitrogens is 1. The number of nitrogens with one attached hydrogen (secondary N) is 1. The predicted molar refractivity (Wildman–Crippen MR) is 90.6 cm³/mol. The molecule has 2 aromatic rings. The quantitative estimate of drug-likeness (QED) is 0.934. The van der Waals surface area contributed by atoms with Crippen LogP contribution in [0.25, 0.3) is 0 Å². The zero-order chi connectivity index (χ0) is 16.1. The Bertz CT molecular complexity index is 683. The van der Waals surface area contributed by atoms with Crippen molar-refractivity contribution in [3.05, 3.63) is 64.6 Å². The van der Waals surface area contributed by atoms with Crippen LogP contribution in [0.1, 0.15) is 12.0 Å². The number of carbonyl (C=O) groups is 1. The maximum Gasteiger partial charge on any atom is 0.248 e. The molecule has 1 aromatic heterocycles. The second-order valence-corrected chi connectivity index (χ2v) is 5.76. The molecule has 0 spiro atoms. The van der Waals surface area contributed by atoms with Gasteiger partial charge in [-0.25, -0.2) is 0 Å². The summed E-state index contributed by atoms with van der Waals surface area (Å²) in [4.78, 5) is 30.2. The van der Waals surface area contributed by atoms with Crippen LogP contribution in [0.15, 0.2) is 53.5 Å². The minimum atomic E-state index is -0.0940. The number of anilines is 1. The molecule has 0 radical (unpaired) electrons. The molecule has 0 aliphatic carbocycles. The normalized spacial score (nSPS) is 14.8. The molecule has 1 aliphatic rings. The minimum absolute atomic E-state index is 0.0940. The number of nitrogens with zero attached hydrogens (tertiary/aromatic N) is 2. The zero-order valence-corrected chi connectivity index (χ0v) is 13.1. The summed E-state index contributed by atoms with van der Waals surface area (Å²) >= 11 is 0. The van der Waals surface area contributed by atoms with Crippen LogP contribution < -0.4 is 10.5 Å². The summed E-state index contributed by atoms with van der Waals surface area (Å²) < 4.78 is 0. The van der Waals surface area contributed by atoms with E-state index in [9.17, 15) is 9.59 Å². The van der Waals surface area contributed by atoms with E-state index in [1.807, 2.05) is 29.2 Å². The Morgan fingerprint density at radius 1 is 1.00 bits per heavy atom. The van der Waals surface area contributed by atoms with Crippen molar-refractivity contribution in [2.45, 2.75) is 12.8 Å². The topological polar surface area (TPSA) is 56.4 Å². The van der Waals surface area contributed by atoms with Gasteiger partial charge in [0, 0.05) is 44.9 Å². The highest BCUT2D eigenvalue weighted by atomic mass is 16.2. The van der Waals surface area contributed by atoms with Gasteiger partial charge >= 0.3 is 0 Å². The Morgan fingerprint density at radius 2 is 1.74 bits per heavy atom. The zero-order valence-electron chi connectivity index (χ0n) is 13.1. The van der Waals surface area contributed by atoms with Crippen LogP contribution >= 0.6 is 0 Å². The van der Waals surface area contributed by atoms with E-state index in [1.165, 1.54) is 11.6 Å². The fourth-order valence-corrected chi connectivity index (χ4v) is 2.87. The van der Waals surface area contributed by atoms with Crippen LogP contribution in [0.4, 0.5) is 5.69 Å². The number of rotatable bonds is 4. The minimum Gasteiger partial charge on any atom is -0.367 e. The van der Waals surface area contributed by atoms with Crippen molar-refractivity contribution in [1.29, 1.82) is 0 Å². The van der Waals surface area contributed by atoms with Crippen molar-refractivity contribution in [2.24, 2.45) is 0 Å². The van der Waals surface area contributed by atoms with Crippen molar-refractivity contribution >= 4 is 11.6 Å². The largest absolute Gasteiger partial charge is 0.367 e. The van der Waals surface area contributed by atoms with Gasteiger partial charge in [-0.3, -0.25) is 9.59 Å². The molecule has 1 fully saturated rings. The van der Waals surface area contributed by atoms with E-state index in [2.05, 4.69) is 22.0 Å². The molecule has 2 heterocycles. The van der Waals surface area contributed by atoms with Gasteiger partial charge in [-0.2, -0.15) is 0 Å². The number of pyridine rings is 1. The number of aryl methyl sites for hydroxylation is 1. The van der Waals surface area contributed by atoms with Gasteiger partial charge in [-0.15, -0.1) is 0 Å². The van der Waals surface area contributed by atoms with Crippen molar-refractivity contribution in [3.8, 4) is 0 Å². The molecular formula is C18H21N3O2. The first-order valence-corrected chi connectivity index (χ1v) is 7.98. The summed E-state index contributed by atoms with van der Waals surface area (Å²) in [5.41, 5.74) is 2.11. The second-order valence-electron chi connectivity index (χ2n) is 5.76. The fourth-order valence-electron chi connectivity index (χ4n) is 2.87. The third kappa shape index (κ3) is 4.00. The van der Waals surface area contributed by atoms with Crippen LogP contribution in [0.2, 0.25) is 0 Å². The molecule has 1 amide bonds. The van der Waals surface area contributed by atoms with Crippen molar-refractivity contribution in [1.82, 2.24) is 9.88 Å². The van der Waals surface area contributed by atoms with Crippen LogP contribution in [0.5, 0.6) is 0 Å². The molecule has 1 N–H and O–H groups in total. The number of amides is 1. The highest BCUT2D eigenvalue weighted by Crippen LogP contribution is 2.14. The van der Waals surface area contributed by atoms with Gasteiger partial charge in [0.25, 0.3) is 0 Å². The number of H-pyrrole nitrogens is 1. The SMILES string of the molecule is O=C(CCc1ccccc1)N1CCN(c2ccc(=O)[nH]c2)CC1. The average molecular weight is 311 g/mol. The summed E-state index contributed by atoms with van der Waals surface area (Å²) in [7, 11) is 0. The lowest BCUT2D eigenvalue weighted by Gasteiger charge is -2.36. The van der Waals surface area contributed by atoms with Gasteiger partial charge in [-0.05, 0) is 18.1 Å². The number of piperazine rings is 1.